The minimum absolute atomic E-state index is 0.199. The Kier molecular flexibility index (Phi) is 6.13. The predicted octanol–water partition coefficient (Wildman–Crippen LogP) is 9.09. The van der Waals surface area contributed by atoms with E-state index in [1.807, 2.05) is 24.3 Å². The number of carboxylic acids is 2. The van der Waals surface area contributed by atoms with E-state index in [1.54, 1.807) is 24.3 Å². The molecule has 0 saturated heterocycles. The summed E-state index contributed by atoms with van der Waals surface area (Å²) in [6.45, 7) is 0. The highest BCUT2D eigenvalue weighted by molar-refractivity contribution is 6.20. The molecular formula is C57H30N6O4+2. The van der Waals surface area contributed by atoms with Gasteiger partial charge in [-0.1, -0.05) is 109 Å². The summed E-state index contributed by atoms with van der Waals surface area (Å²) in [4.78, 5) is 36.3. The second kappa shape index (κ2) is 11.7. The molecule has 2 aromatic heterocycles. The summed E-state index contributed by atoms with van der Waals surface area (Å²) in [6, 6.07) is 57.4. The zero-order valence-corrected chi connectivity index (χ0v) is 35.1. The summed E-state index contributed by atoms with van der Waals surface area (Å²) in [6.07, 6.45) is 0. The van der Waals surface area contributed by atoms with Crippen LogP contribution in [0.2, 0.25) is 0 Å². The first-order valence-corrected chi connectivity index (χ1v) is 22.2. The van der Waals surface area contributed by atoms with Crippen LogP contribution in [0.3, 0.4) is 0 Å². The van der Waals surface area contributed by atoms with Gasteiger partial charge >= 0.3 is 29.5 Å². The van der Waals surface area contributed by atoms with E-state index in [9.17, 15) is 19.8 Å². The number of benzene rings is 8. The molecule has 1 spiro atoms. The zero-order valence-electron chi connectivity index (χ0n) is 35.1. The van der Waals surface area contributed by atoms with Crippen LogP contribution in [0.4, 0.5) is 0 Å². The van der Waals surface area contributed by atoms with Crippen LogP contribution in [0.25, 0.3) is 65.6 Å². The molecule has 10 nitrogen and oxygen atoms in total. The number of hydrogen-bond acceptors (Lipinski definition) is 4. The highest BCUT2D eigenvalue weighted by Gasteiger charge is 2.71. The van der Waals surface area contributed by atoms with Crippen LogP contribution in [0.1, 0.15) is 65.5 Å². The second-order valence-electron chi connectivity index (χ2n) is 18.0. The number of aromatic nitrogens is 2. The van der Waals surface area contributed by atoms with Crippen LogP contribution in [-0.4, -0.2) is 52.1 Å². The van der Waals surface area contributed by atoms with E-state index in [1.165, 1.54) is 0 Å². The summed E-state index contributed by atoms with van der Waals surface area (Å²) >= 11 is 0. The Labute approximate surface area is 378 Å². The average molecular weight is 863 g/mol. The van der Waals surface area contributed by atoms with Crippen LogP contribution in [-0.2, 0) is 5.91 Å². The third-order valence-electron chi connectivity index (χ3n) is 14.8. The quantitative estimate of drug-likeness (QED) is 0.172. The van der Waals surface area contributed by atoms with Crippen LogP contribution >= 0.6 is 0 Å². The van der Waals surface area contributed by atoms with Gasteiger partial charge in [-0.2, -0.15) is 4.57 Å². The van der Waals surface area contributed by atoms with Crippen molar-refractivity contribution in [2.24, 2.45) is 9.98 Å². The molecule has 1 atom stereocenters. The number of amidine groups is 2. The lowest BCUT2D eigenvalue weighted by Crippen LogP contribution is -2.70. The summed E-state index contributed by atoms with van der Waals surface area (Å²) in [5.41, 5.74) is 13.4. The molecule has 1 unspecified atom stereocenters. The van der Waals surface area contributed by atoms with Crippen LogP contribution in [0.5, 0.6) is 0 Å². The molecule has 0 radical (unpaired) electrons. The van der Waals surface area contributed by atoms with Crippen molar-refractivity contribution in [2.45, 2.75) is 5.91 Å². The van der Waals surface area contributed by atoms with Crippen molar-refractivity contribution < 1.29 is 29.0 Å². The Morgan fingerprint density at radius 2 is 0.851 bits per heavy atom. The lowest BCUT2D eigenvalue weighted by molar-refractivity contribution is -0.808. The topological polar surface area (TPSA) is 115 Å². The van der Waals surface area contributed by atoms with Crippen LogP contribution < -0.4 is 11.0 Å². The first-order chi connectivity index (χ1) is 32.9. The minimum atomic E-state index is -1.24. The zero-order chi connectivity index (χ0) is 44.2. The van der Waals surface area contributed by atoms with Crippen molar-refractivity contribution in [3.8, 4) is 0 Å². The van der Waals surface area contributed by atoms with Crippen molar-refractivity contribution in [3.05, 3.63) is 237 Å². The Morgan fingerprint density at radius 3 is 1.36 bits per heavy atom. The first-order valence-electron chi connectivity index (χ1n) is 22.2. The molecule has 6 aliphatic heterocycles. The summed E-state index contributed by atoms with van der Waals surface area (Å²) in [5.74, 6) is -1.64. The lowest BCUT2D eigenvalue weighted by atomic mass is 9.90. The SMILES string of the molecule is O=C(O)c1ccc(C2=C3c4ccccc4C4=[N+]3C35n6c2c2ccccc2c6C(c2ccc(C(=O)O)cc2)=C2c6cc7ccccc7cc6C(=[N+]23)N=c2c3cc6ccccc6cc3c(n25)=N4)cc1. The van der Waals surface area contributed by atoms with Crippen LogP contribution in [0, 0.1) is 0 Å². The molecule has 310 valence electrons. The Bertz CT molecular complexity index is 4430. The normalized spacial score (nSPS) is 17.6. The number of aromatic carboxylic acids is 2. The number of hydrogen-bond donors (Lipinski definition) is 2. The van der Waals surface area contributed by atoms with Gasteiger partial charge < -0.3 is 10.2 Å². The molecule has 67 heavy (non-hydrogen) atoms. The first kappa shape index (κ1) is 35.1. The van der Waals surface area contributed by atoms with E-state index in [0.29, 0.717) is 0 Å². The Hall–Kier alpha value is -9.28. The van der Waals surface area contributed by atoms with E-state index >= 15 is 0 Å². The number of rotatable bonds is 4. The highest BCUT2D eigenvalue weighted by atomic mass is 16.4. The van der Waals surface area contributed by atoms with Crippen molar-refractivity contribution in [2.75, 3.05) is 0 Å². The predicted molar refractivity (Wildman–Crippen MR) is 255 cm³/mol. The van der Waals surface area contributed by atoms with Gasteiger partial charge in [-0.15, -0.1) is 9.15 Å². The largest absolute Gasteiger partial charge is 0.478 e. The van der Waals surface area contributed by atoms with E-state index in [2.05, 4.69) is 140 Å². The van der Waals surface area contributed by atoms with Gasteiger partial charge in [0.1, 0.15) is 0 Å². The molecule has 8 aromatic carbocycles. The molecule has 6 aliphatic rings. The molecule has 10 aromatic rings. The molecule has 2 N–H and O–H groups in total. The fourth-order valence-corrected chi connectivity index (χ4v) is 12.1. The van der Waals surface area contributed by atoms with Crippen LogP contribution in [0.15, 0.2) is 180 Å². The molecule has 0 saturated carbocycles. The van der Waals surface area contributed by atoms with Crippen molar-refractivity contribution in [3.63, 3.8) is 0 Å². The molecular weight excluding hydrogens is 833 g/mol. The molecule has 0 fully saturated rings. The van der Waals surface area contributed by atoms with Crippen molar-refractivity contribution in [1.82, 2.24) is 9.13 Å². The third kappa shape index (κ3) is 3.97. The summed E-state index contributed by atoms with van der Waals surface area (Å²) in [5, 5.41) is 28.6. The molecule has 16 rings (SSSR count). The van der Waals surface area contributed by atoms with E-state index in [0.717, 1.165) is 133 Å². The Balaban J connectivity index is 1.21. The molecule has 0 bridgehead atoms. The Morgan fingerprint density at radius 1 is 0.433 bits per heavy atom. The van der Waals surface area contributed by atoms with Gasteiger partial charge in [0, 0.05) is 21.9 Å². The van der Waals surface area contributed by atoms with Gasteiger partial charge in [0.15, 0.2) is 11.4 Å². The van der Waals surface area contributed by atoms with Gasteiger partial charge in [-0.05, 0) is 103 Å². The van der Waals surface area contributed by atoms with Gasteiger partial charge in [0.2, 0.25) is 0 Å². The monoisotopic (exact) mass is 862 g/mol. The maximum Gasteiger partial charge on any atom is 0.441 e. The number of carbonyl (C=O) groups is 2. The van der Waals surface area contributed by atoms with Crippen molar-refractivity contribution in [1.29, 1.82) is 0 Å². The van der Waals surface area contributed by atoms with Gasteiger partial charge in [0.25, 0.3) is 11.0 Å². The second-order valence-corrected chi connectivity index (χ2v) is 18.0. The van der Waals surface area contributed by atoms with Crippen molar-refractivity contribution >= 4 is 89.2 Å². The van der Waals surface area contributed by atoms with E-state index in [4.69, 9.17) is 9.98 Å². The van der Waals surface area contributed by atoms with Gasteiger partial charge in [-0.3, -0.25) is 0 Å². The number of carboxylic acid groups (broad SMARTS) is 2. The molecule has 0 amide bonds. The minimum Gasteiger partial charge on any atom is -0.478 e. The smallest absolute Gasteiger partial charge is 0.441 e. The maximum atomic E-state index is 12.4. The van der Waals surface area contributed by atoms with Gasteiger partial charge in [0.05, 0.1) is 55.6 Å². The maximum absolute atomic E-state index is 12.4. The van der Waals surface area contributed by atoms with E-state index < -0.39 is 17.8 Å². The lowest BCUT2D eigenvalue weighted by Gasteiger charge is -2.43. The molecule has 8 heterocycles. The number of nitrogens with zero attached hydrogens (tertiary/aromatic N) is 6. The van der Waals surface area contributed by atoms with E-state index in [-0.39, 0.29) is 11.1 Å². The number of fused-ring (bicyclic) bond motifs is 14. The highest BCUT2D eigenvalue weighted by Crippen LogP contribution is 2.59. The summed E-state index contributed by atoms with van der Waals surface area (Å²) in [7, 11) is 0. The van der Waals surface area contributed by atoms with Gasteiger partial charge in [-0.25, -0.2) is 14.2 Å². The third-order valence-corrected chi connectivity index (χ3v) is 14.8. The summed E-state index contributed by atoms with van der Waals surface area (Å²) < 4.78 is 9.72. The average Bonchev–Trinajstić information content (AvgIpc) is 4.08. The fraction of sp³-hybridized carbons (Fsp3) is 0.0175. The fourth-order valence-electron chi connectivity index (χ4n) is 12.1. The molecule has 10 heteroatoms. The standard InChI is InChI=1S/C57H28N6O4/c64-55(65)31-21-17-29(18-22-31)45-47-37-13-5-6-14-38(37)48-46(30-19-23-32(24-20-30)56(66)67)50-41-25-33-9-1-2-10-34(33)26-42(41)52-59-54-44-28-36-12-4-3-11-35(36)27-43(44)53-58-51-40-16-8-7-15-39(40)49(45)61(51)57(60(47)48,62(50)52)63(53)54/h1-28H/p+2. The molecule has 0 aliphatic carbocycles.